The third-order valence-corrected chi connectivity index (χ3v) is 5.66. The normalized spacial score (nSPS) is 11.3. The molecule has 2 heterocycles. The number of hydrogen-bond donors (Lipinski definition) is 1. The SMILES string of the molecule is NC(=O)c1cccc2scc(Cn3c(=O)n(CCC=O)c4ccccc43)c12. The lowest BCUT2D eigenvalue weighted by atomic mass is 10.1. The number of aldehydes is 1. The summed E-state index contributed by atoms with van der Waals surface area (Å²) in [6.07, 6.45) is 1.09. The monoisotopic (exact) mass is 379 g/mol. The zero-order chi connectivity index (χ0) is 19.0. The number of nitrogens with two attached hydrogens (primary N) is 1. The molecule has 7 heteroatoms. The lowest BCUT2D eigenvalue weighted by Gasteiger charge is -2.05. The van der Waals surface area contributed by atoms with Gasteiger partial charge in [-0.3, -0.25) is 13.9 Å². The minimum absolute atomic E-state index is 0.172. The molecule has 4 aromatic rings. The van der Waals surface area contributed by atoms with Gasteiger partial charge >= 0.3 is 5.69 Å². The molecule has 0 saturated heterocycles. The van der Waals surface area contributed by atoms with Gasteiger partial charge in [0.2, 0.25) is 5.91 Å². The van der Waals surface area contributed by atoms with Crippen LogP contribution in [0.4, 0.5) is 0 Å². The van der Waals surface area contributed by atoms with Crippen molar-refractivity contribution in [3.8, 4) is 0 Å². The first-order valence-corrected chi connectivity index (χ1v) is 9.40. The van der Waals surface area contributed by atoms with Gasteiger partial charge in [-0.1, -0.05) is 18.2 Å². The number of fused-ring (bicyclic) bond motifs is 2. The highest BCUT2D eigenvalue weighted by atomic mass is 32.1. The molecule has 0 atom stereocenters. The van der Waals surface area contributed by atoms with Crippen molar-refractivity contribution in [2.24, 2.45) is 5.73 Å². The topological polar surface area (TPSA) is 87.1 Å². The third kappa shape index (κ3) is 2.86. The first-order valence-electron chi connectivity index (χ1n) is 8.52. The van der Waals surface area contributed by atoms with Crippen LogP contribution in [0.2, 0.25) is 0 Å². The zero-order valence-corrected chi connectivity index (χ0v) is 15.2. The number of nitrogens with zero attached hydrogens (tertiary/aromatic N) is 2. The van der Waals surface area contributed by atoms with Crippen molar-refractivity contribution in [3.63, 3.8) is 0 Å². The minimum atomic E-state index is -0.485. The van der Waals surface area contributed by atoms with Gasteiger partial charge in [0, 0.05) is 28.6 Å². The summed E-state index contributed by atoms with van der Waals surface area (Å²) in [4.78, 5) is 35.6. The number of carbonyl (C=O) groups is 2. The fraction of sp³-hybridized carbons (Fsp3) is 0.150. The van der Waals surface area contributed by atoms with Crippen LogP contribution in [0.25, 0.3) is 21.1 Å². The van der Waals surface area contributed by atoms with Crippen LogP contribution in [-0.4, -0.2) is 21.3 Å². The number of imidazole rings is 1. The molecule has 0 saturated carbocycles. The van der Waals surface area contributed by atoms with Crippen molar-refractivity contribution in [2.75, 3.05) is 0 Å². The Labute approximate surface area is 158 Å². The molecule has 1 amide bonds. The van der Waals surface area contributed by atoms with Crippen molar-refractivity contribution in [3.05, 3.63) is 69.5 Å². The second-order valence-corrected chi connectivity index (χ2v) is 7.18. The Hall–Kier alpha value is -3.19. The maximum Gasteiger partial charge on any atom is 0.329 e. The predicted octanol–water partition coefficient (Wildman–Crippen LogP) is 2.75. The van der Waals surface area contributed by atoms with Crippen LogP contribution in [0.5, 0.6) is 0 Å². The number of rotatable bonds is 6. The zero-order valence-electron chi connectivity index (χ0n) is 14.4. The number of thiophene rings is 1. The second kappa shape index (κ2) is 6.85. The average molecular weight is 379 g/mol. The first kappa shape index (κ1) is 17.2. The summed E-state index contributed by atoms with van der Waals surface area (Å²) in [6.45, 7) is 0.671. The molecule has 0 radical (unpaired) electrons. The van der Waals surface area contributed by atoms with Crippen LogP contribution in [0.1, 0.15) is 22.3 Å². The maximum atomic E-state index is 13.0. The Kier molecular flexibility index (Phi) is 4.37. The van der Waals surface area contributed by atoms with E-state index in [1.807, 2.05) is 35.7 Å². The van der Waals surface area contributed by atoms with Crippen molar-refractivity contribution in [1.82, 2.24) is 9.13 Å². The van der Waals surface area contributed by atoms with Crippen LogP contribution in [0.3, 0.4) is 0 Å². The Morgan fingerprint density at radius 1 is 1.07 bits per heavy atom. The lowest BCUT2D eigenvalue weighted by Crippen LogP contribution is -2.25. The summed E-state index contributed by atoms with van der Waals surface area (Å²) >= 11 is 1.52. The van der Waals surface area contributed by atoms with Crippen LogP contribution in [-0.2, 0) is 17.9 Å². The van der Waals surface area contributed by atoms with Gasteiger partial charge in [-0.2, -0.15) is 0 Å². The number of aryl methyl sites for hydroxylation is 1. The van der Waals surface area contributed by atoms with Crippen molar-refractivity contribution in [1.29, 1.82) is 0 Å². The van der Waals surface area contributed by atoms with Gasteiger partial charge in [0.05, 0.1) is 17.6 Å². The van der Waals surface area contributed by atoms with Gasteiger partial charge < -0.3 is 10.5 Å². The Morgan fingerprint density at radius 3 is 2.52 bits per heavy atom. The number of carbonyl (C=O) groups excluding carboxylic acids is 2. The van der Waals surface area contributed by atoms with E-state index in [0.717, 1.165) is 33.0 Å². The molecule has 2 aromatic heterocycles. The standard InChI is InChI=1S/C20H17N3O3S/c21-19(25)14-5-3-8-17-18(14)13(12-27-17)11-23-16-7-2-1-6-15(16)22(20(23)26)9-4-10-24/h1-3,5-8,10,12H,4,9,11H2,(H2,21,25). The summed E-state index contributed by atoms with van der Waals surface area (Å²) in [5.41, 5.74) is 8.29. The van der Waals surface area contributed by atoms with E-state index in [1.54, 1.807) is 21.3 Å². The van der Waals surface area contributed by atoms with Crippen LogP contribution >= 0.6 is 11.3 Å². The fourth-order valence-electron chi connectivity index (χ4n) is 3.47. The maximum absolute atomic E-state index is 13.0. The minimum Gasteiger partial charge on any atom is -0.366 e. The van der Waals surface area contributed by atoms with E-state index in [0.29, 0.717) is 18.7 Å². The van der Waals surface area contributed by atoms with E-state index in [4.69, 9.17) is 5.73 Å². The van der Waals surface area contributed by atoms with E-state index in [2.05, 4.69) is 0 Å². The Bertz CT molecular complexity index is 1230. The lowest BCUT2D eigenvalue weighted by molar-refractivity contribution is -0.108. The average Bonchev–Trinajstić information content (AvgIpc) is 3.20. The molecule has 0 spiro atoms. The summed E-state index contributed by atoms with van der Waals surface area (Å²) < 4.78 is 4.26. The molecule has 0 aliphatic heterocycles. The molecule has 0 aliphatic rings. The predicted molar refractivity (Wildman–Crippen MR) is 106 cm³/mol. The first-order chi connectivity index (χ1) is 13.1. The van der Waals surface area contributed by atoms with Crippen LogP contribution < -0.4 is 11.4 Å². The van der Waals surface area contributed by atoms with Gasteiger partial charge in [0.15, 0.2) is 0 Å². The van der Waals surface area contributed by atoms with Crippen molar-refractivity contribution in [2.45, 2.75) is 19.5 Å². The Balaban J connectivity index is 1.89. The summed E-state index contributed by atoms with van der Waals surface area (Å²) in [7, 11) is 0. The number of para-hydroxylation sites is 2. The summed E-state index contributed by atoms with van der Waals surface area (Å²) in [5, 5.41) is 2.76. The number of hydrogen-bond acceptors (Lipinski definition) is 4. The molecule has 4 rings (SSSR count). The molecule has 0 unspecified atom stereocenters. The smallest absolute Gasteiger partial charge is 0.329 e. The molecule has 0 bridgehead atoms. The molecule has 0 aliphatic carbocycles. The van der Waals surface area contributed by atoms with Gasteiger partial charge in [-0.15, -0.1) is 11.3 Å². The fourth-order valence-corrected chi connectivity index (χ4v) is 4.45. The number of aromatic nitrogens is 2. The third-order valence-electron chi connectivity index (χ3n) is 4.67. The highest BCUT2D eigenvalue weighted by Crippen LogP contribution is 2.30. The largest absolute Gasteiger partial charge is 0.366 e. The van der Waals surface area contributed by atoms with Crippen molar-refractivity contribution < 1.29 is 9.59 Å². The molecule has 6 nitrogen and oxygen atoms in total. The molecular weight excluding hydrogens is 362 g/mol. The van der Waals surface area contributed by atoms with Crippen LogP contribution in [0, 0.1) is 0 Å². The Morgan fingerprint density at radius 2 is 1.81 bits per heavy atom. The number of benzene rings is 2. The van der Waals surface area contributed by atoms with Crippen LogP contribution in [0.15, 0.2) is 52.6 Å². The molecule has 136 valence electrons. The van der Waals surface area contributed by atoms with E-state index < -0.39 is 5.91 Å². The van der Waals surface area contributed by atoms with Crippen molar-refractivity contribution >= 4 is 44.6 Å². The summed E-state index contributed by atoms with van der Waals surface area (Å²) in [6, 6.07) is 13.0. The second-order valence-electron chi connectivity index (χ2n) is 6.27. The van der Waals surface area contributed by atoms with Gasteiger partial charge in [-0.25, -0.2) is 4.79 Å². The van der Waals surface area contributed by atoms with E-state index in [9.17, 15) is 14.4 Å². The van der Waals surface area contributed by atoms with E-state index in [1.165, 1.54) is 11.3 Å². The molecular formula is C20H17N3O3S. The van der Waals surface area contributed by atoms with E-state index >= 15 is 0 Å². The number of amides is 1. The highest BCUT2D eigenvalue weighted by Gasteiger charge is 2.17. The van der Waals surface area contributed by atoms with E-state index in [-0.39, 0.29) is 12.1 Å². The van der Waals surface area contributed by atoms with Gasteiger partial charge in [-0.05, 0) is 35.2 Å². The molecule has 0 fully saturated rings. The number of primary amides is 1. The quantitative estimate of drug-likeness (QED) is 0.523. The molecule has 2 aromatic carbocycles. The van der Waals surface area contributed by atoms with Gasteiger partial charge in [0.25, 0.3) is 0 Å². The summed E-state index contributed by atoms with van der Waals surface area (Å²) in [5.74, 6) is -0.485. The van der Waals surface area contributed by atoms with Gasteiger partial charge in [0.1, 0.15) is 6.29 Å². The molecule has 27 heavy (non-hydrogen) atoms. The highest BCUT2D eigenvalue weighted by molar-refractivity contribution is 7.17. The molecule has 2 N–H and O–H groups in total.